The molecule has 0 radical (unpaired) electrons. The Bertz CT molecular complexity index is 1490. The van der Waals surface area contributed by atoms with Crippen LogP contribution in [0.5, 0.6) is 0 Å². The smallest absolute Gasteiger partial charge is 0.305 e. The van der Waals surface area contributed by atoms with Crippen LogP contribution in [0.3, 0.4) is 0 Å². The Morgan fingerprint density at radius 2 is 0.932 bits per heavy atom. The number of nitrogens with one attached hydrogen (secondary N) is 1. The van der Waals surface area contributed by atoms with E-state index in [1.54, 1.807) is 6.08 Å². The number of ether oxygens (including phenoxy) is 3. The topological polar surface area (TPSA) is 175 Å². The van der Waals surface area contributed by atoms with Crippen LogP contribution >= 0.6 is 0 Å². The predicted octanol–water partition coefficient (Wildman–Crippen LogP) is 13.4. The van der Waals surface area contributed by atoms with Gasteiger partial charge in [0.05, 0.1) is 32.0 Å². The number of hydrogen-bond acceptors (Lipinski definition) is 10. The molecule has 1 fully saturated rings. The fourth-order valence-electron chi connectivity index (χ4n) is 8.52. The Balaban J connectivity index is 2.08. The van der Waals surface area contributed by atoms with E-state index in [4.69, 9.17) is 14.2 Å². The molecule has 0 saturated carbocycles. The van der Waals surface area contributed by atoms with Crippen molar-refractivity contribution in [2.45, 2.75) is 275 Å². The lowest BCUT2D eigenvalue weighted by atomic mass is 9.99. The second-order valence-corrected chi connectivity index (χ2v) is 20.0. The molecule has 73 heavy (non-hydrogen) atoms. The maximum Gasteiger partial charge on any atom is 0.305 e. The van der Waals surface area contributed by atoms with E-state index < -0.39 is 49.5 Å². The Morgan fingerprint density at radius 3 is 1.44 bits per heavy atom. The van der Waals surface area contributed by atoms with Gasteiger partial charge in [-0.15, -0.1) is 0 Å². The number of esters is 1. The third-order valence-corrected chi connectivity index (χ3v) is 13.2. The van der Waals surface area contributed by atoms with Crippen LogP contribution in [-0.4, -0.2) is 100 Å². The monoisotopic (exact) mass is 1030 g/mol. The number of hydrogen-bond donors (Lipinski definition) is 6. The van der Waals surface area contributed by atoms with Gasteiger partial charge in [0.1, 0.15) is 24.4 Å². The van der Waals surface area contributed by atoms with Crippen LogP contribution in [0.15, 0.2) is 85.1 Å². The number of amides is 1. The number of aliphatic hydroxyl groups is 5. The summed E-state index contributed by atoms with van der Waals surface area (Å²) >= 11 is 0. The number of carbonyl (C=O) groups excluding carboxylic acids is 2. The van der Waals surface area contributed by atoms with Gasteiger partial charge < -0.3 is 45.1 Å². The van der Waals surface area contributed by atoms with Gasteiger partial charge in [0.15, 0.2) is 6.29 Å². The quantitative estimate of drug-likeness (QED) is 0.0195. The maximum atomic E-state index is 13.0. The maximum absolute atomic E-state index is 13.0. The molecular formula is C62H107NO10. The van der Waals surface area contributed by atoms with E-state index in [-0.39, 0.29) is 18.5 Å². The molecule has 1 rings (SSSR count). The molecule has 420 valence electrons. The molecule has 6 N–H and O–H groups in total. The summed E-state index contributed by atoms with van der Waals surface area (Å²) in [6, 6.07) is -0.840. The van der Waals surface area contributed by atoms with E-state index in [0.29, 0.717) is 19.4 Å². The lowest BCUT2D eigenvalue weighted by molar-refractivity contribution is -0.302. The number of unbranched alkanes of at least 4 members (excludes halogenated alkanes) is 23. The van der Waals surface area contributed by atoms with Crippen molar-refractivity contribution in [3.05, 3.63) is 85.1 Å². The van der Waals surface area contributed by atoms with Gasteiger partial charge in [0.25, 0.3) is 0 Å². The molecule has 1 amide bonds. The van der Waals surface area contributed by atoms with Gasteiger partial charge in [0, 0.05) is 12.8 Å². The van der Waals surface area contributed by atoms with Gasteiger partial charge in [-0.1, -0.05) is 208 Å². The van der Waals surface area contributed by atoms with Crippen LogP contribution in [0.1, 0.15) is 232 Å². The van der Waals surface area contributed by atoms with Crippen molar-refractivity contribution in [1.82, 2.24) is 5.32 Å². The van der Waals surface area contributed by atoms with E-state index in [1.165, 1.54) is 96.3 Å². The summed E-state index contributed by atoms with van der Waals surface area (Å²) in [6.45, 7) is 4.04. The summed E-state index contributed by atoms with van der Waals surface area (Å²) in [6.07, 6.45) is 58.4. The SMILES string of the molecule is CCC/C=C\C/C=C\CCCCCCCC(=O)OCC/C=C\C/C=C\CCCCCCCCCCCCCCCCC(=O)NC(COC1OC(CO)C(O)C(O)C1O)C(O)/C=C/CC/C=C/CC/C=C/CCC. The van der Waals surface area contributed by atoms with Crippen LogP contribution < -0.4 is 5.32 Å². The zero-order chi connectivity index (χ0) is 53.1. The minimum Gasteiger partial charge on any atom is -0.465 e. The lowest BCUT2D eigenvalue weighted by Crippen LogP contribution is -2.60. The van der Waals surface area contributed by atoms with E-state index in [1.807, 2.05) is 6.08 Å². The standard InChI is InChI=1S/C62H107NO10/c1-3-5-7-9-11-13-15-25-30-34-38-42-46-50-58(67)71-51-47-43-39-35-31-27-24-22-20-18-16-17-19-21-23-26-29-33-37-41-45-49-57(66)63-54(53-72-62-61(70)60(69)59(68)56(52-64)73-62)55(65)48-44-40-36-32-28-14-12-10-8-6-4-2/h7-10,13,15,27-28,31-32,39,43-44,48,54-56,59-62,64-65,68-70H,3-6,11-12,14,16-26,29-30,33-38,40-42,45-47,49-53H2,1-2H3,(H,63,66)/b9-7-,10-8+,15-13-,31-27-,32-28+,43-39-,48-44+. The molecule has 11 heteroatoms. The van der Waals surface area contributed by atoms with Gasteiger partial charge in [-0.05, 0) is 96.3 Å². The minimum atomic E-state index is -1.58. The molecule has 7 atom stereocenters. The first kappa shape index (κ1) is 67.9. The second kappa shape index (κ2) is 51.0. The van der Waals surface area contributed by atoms with Crippen molar-refractivity contribution in [3.63, 3.8) is 0 Å². The van der Waals surface area contributed by atoms with E-state index in [0.717, 1.165) is 109 Å². The fourth-order valence-corrected chi connectivity index (χ4v) is 8.52. The Kier molecular flexibility index (Phi) is 47.4. The van der Waals surface area contributed by atoms with Crippen LogP contribution in [0.25, 0.3) is 0 Å². The molecule has 1 heterocycles. The Morgan fingerprint density at radius 1 is 0.507 bits per heavy atom. The molecule has 7 unspecified atom stereocenters. The average Bonchev–Trinajstić information content (AvgIpc) is 3.39. The van der Waals surface area contributed by atoms with Crippen LogP contribution in [0.4, 0.5) is 0 Å². The summed E-state index contributed by atoms with van der Waals surface area (Å²) < 4.78 is 16.6. The fraction of sp³-hybridized carbons (Fsp3) is 0.742. The highest BCUT2D eigenvalue weighted by atomic mass is 16.7. The van der Waals surface area contributed by atoms with Crippen LogP contribution in [0, 0.1) is 0 Å². The van der Waals surface area contributed by atoms with Crippen LogP contribution in [0.2, 0.25) is 0 Å². The first-order valence-corrected chi connectivity index (χ1v) is 29.4. The van der Waals surface area contributed by atoms with E-state index in [2.05, 4.69) is 92.1 Å². The lowest BCUT2D eigenvalue weighted by Gasteiger charge is -2.40. The molecule has 1 saturated heterocycles. The molecule has 0 spiro atoms. The normalized spacial score (nSPS) is 19.6. The molecule has 0 aromatic rings. The number of allylic oxidation sites excluding steroid dienone is 12. The van der Waals surface area contributed by atoms with Crippen molar-refractivity contribution in [1.29, 1.82) is 0 Å². The number of carbonyl (C=O) groups is 2. The highest BCUT2D eigenvalue weighted by Crippen LogP contribution is 2.23. The summed E-state index contributed by atoms with van der Waals surface area (Å²) in [4.78, 5) is 25.0. The summed E-state index contributed by atoms with van der Waals surface area (Å²) in [5.41, 5.74) is 0. The highest BCUT2D eigenvalue weighted by Gasteiger charge is 2.44. The molecule has 0 aromatic heterocycles. The van der Waals surface area contributed by atoms with Crippen molar-refractivity contribution in [2.75, 3.05) is 19.8 Å². The van der Waals surface area contributed by atoms with Crippen molar-refractivity contribution in [2.24, 2.45) is 0 Å². The first-order chi connectivity index (χ1) is 35.7. The minimum absolute atomic E-state index is 0.0661. The van der Waals surface area contributed by atoms with Crippen molar-refractivity contribution in [3.8, 4) is 0 Å². The predicted molar refractivity (Wildman–Crippen MR) is 301 cm³/mol. The van der Waals surface area contributed by atoms with Crippen molar-refractivity contribution >= 4 is 11.9 Å². The molecule has 11 nitrogen and oxygen atoms in total. The van der Waals surface area contributed by atoms with Gasteiger partial charge >= 0.3 is 5.97 Å². The molecule has 0 aromatic carbocycles. The molecule has 0 bridgehead atoms. The molecular weight excluding hydrogens is 919 g/mol. The first-order valence-electron chi connectivity index (χ1n) is 29.4. The van der Waals surface area contributed by atoms with Gasteiger partial charge in [-0.3, -0.25) is 9.59 Å². The largest absolute Gasteiger partial charge is 0.465 e. The second-order valence-electron chi connectivity index (χ2n) is 20.0. The summed E-state index contributed by atoms with van der Waals surface area (Å²) in [5.74, 6) is -0.271. The highest BCUT2D eigenvalue weighted by molar-refractivity contribution is 5.76. The zero-order valence-corrected chi connectivity index (χ0v) is 46.1. The zero-order valence-electron chi connectivity index (χ0n) is 46.1. The number of aliphatic hydroxyl groups excluding tert-OH is 5. The summed E-state index contributed by atoms with van der Waals surface area (Å²) in [7, 11) is 0. The summed E-state index contributed by atoms with van der Waals surface area (Å²) in [5, 5.41) is 54.2. The van der Waals surface area contributed by atoms with E-state index in [9.17, 15) is 35.1 Å². The van der Waals surface area contributed by atoms with Crippen LogP contribution in [-0.2, 0) is 23.8 Å². The Labute approximate surface area is 444 Å². The average molecular weight is 1030 g/mol. The van der Waals surface area contributed by atoms with E-state index >= 15 is 0 Å². The third-order valence-electron chi connectivity index (χ3n) is 13.2. The van der Waals surface area contributed by atoms with Gasteiger partial charge in [-0.25, -0.2) is 0 Å². The molecule has 1 aliphatic rings. The molecule has 0 aliphatic carbocycles. The van der Waals surface area contributed by atoms with Gasteiger partial charge in [-0.2, -0.15) is 0 Å². The number of rotatable bonds is 49. The van der Waals surface area contributed by atoms with Crippen molar-refractivity contribution < 1.29 is 49.3 Å². The third kappa shape index (κ3) is 40.8. The molecule has 1 aliphatic heterocycles. The Hall–Kier alpha value is -3.16. The van der Waals surface area contributed by atoms with Gasteiger partial charge in [0.2, 0.25) is 5.91 Å².